The number of aryl methyl sites for hydroxylation is 1. The molecule has 3 aromatic rings. The Morgan fingerprint density at radius 2 is 1.62 bits per heavy atom. The lowest BCUT2D eigenvalue weighted by molar-refractivity contribution is -0.143. The number of carbonyl (C=O) groups excluding carboxylic acids is 1. The van der Waals surface area contributed by atoms with Gasteiger partial charge in [0.2, 0.25) is 5.95 Å². The van der Waals surface area contributed by atoms with E-state index >= 15 is 0 Å². The number of aromatic nitrogens is 2. The Hall–Kier alpha value is -3.68. The molecular formula is C27H21ClF8N4O2. The van der Waals surface area contributed by atoms with Crippen LogP contribution in [0, 0.1) is 6.92 Å². The summed E-state index contributed by atoms with van der Waals surface area (Å²) in [5.74, 6) is -2.98. The fraction of sp³-hybridized carbons (Fsp3) is 0.370. The second kappa shape index (κ2) is 10.2. The molecule has 2 saturated heterocycles. The van der Waals surface area contributed by atoms with Gasteiger partial charge in [0.15, 0.2) is 0 Å². The van der Waals surface area contributed by atoms with Crippen LogP contribution in [0.3, 0.4) is 0 Å². The van der Waals surface area contributed by atoms with E-state index in [4.69, 9.17) is 16.3 Å². The zero-order chi connectivity index (χ0) is 30.8. The van der Waals surface area contributed by atoms with Gasteiger partial charge < -0.3 is 9.64 Å². The van der Waals surface area contributed by atoms with Gasteiger partial charge >= 0.3 is 18.4 Å². The van der Waals surface area contributed by atoms with Crippen molar-refractivity contribution in [2.45, 2.75) is 50.8 Å². The lowest BCUT2D eigenvalue weighted by atomic mass is 9.97. The summed E-state index contributed by atoms with van der Waals surface area (Å²) >= 11 is 6.41. The summed E-state index contributed by atoms with van der Waals surface area (Å²) in [6, 6.07) is 5.05. The molecule has 0 aliphatic carbocycles. The Morgan fingerprint density at radius 1 is 1.00 bits per heavy atom. The molecule has 3 heterocycles. The molecule has 0 unspecified atom stereocenters. The molecule has 1 aromatic heterocycles. The quantitative estimate of drug-likeness (QED) is 0.274. The minimum absolute atomic E-state index is 0.0116. The Bertz CT molecular complexity index is 1510. The summed E-state index contributed by atoms with van der Waals surface area (Å²) in [7, 11) is 0. The number of rotatable bonds is 5. The number of cyclic esters (lactones) is 1. The SMILES string of the molecule is Cc1ccc(Cl)c(-c2cnc(N3CC(F)(F)C3)nc2CN2C(=O)O[C@H](c3cc(C(F)(F)F)cc(C(F)(F)F)c3)[C@@H]2C)c1. The van der Waals surface area contributed by atoms with E-state index in [1.165, 1.54) is 18.0 Å². The van der Waals surface area contributed by atoms with Gasteiger partial charge in [0.05, 0.1) is 42.5 Å². The monoisotopic (exact) mass is 620 g/mol. The summed E-state index contributed by atoms with van der Waals surface area (Å²) in [4.78, 5) is 23.9. The highest BCUT2D eigenvalue weighted by Crippen LogP contribution is 2.42. The number of ether oxygens (including phenoxy) is 1. The number of anilines is 1. The number of amides is 1. The lowest BCUT2D eigenvalue weighted by Crippen LogP contribution is -2.57. The van der Waals surface area contributed by atoms with E-state index in [1.54, 1.807) is 25.1 Å². The summed E-state index contributed by atoms with van der Waals surface area (Å²) in [5, 5.41) is 0.298. The third-order valence-corrected chi connectivity index (χ3v) is 7.37. The zero-order valence-electron chi connectivity index (χ0n) is 21.8. The van der Waals surface area contributed by atoms with Crippen molar-refractivity contribution < 1.29 is 44.7 Å². The Balaban J connectivity index is 1.52. The second-order valence-corrected chi connectivity index (χ2v) is 10.6. The molecule has 2 aliphatic rings. The van der Waals surface area contributed by atoms with Gasteiger partial charge in [-0.3, -0.25) is 4.90 Å². The minimum Gasteiger partial charge on any atom is -0.439 e. The Labute approximate surface area is 238 Å². The largest absolute Gasteiger partial charge is 0.439 e. The predicted octanol–water partition coefficient (Wildman–Crippen LogP) is 7.68. The van der Waals surface area contributed by atoms with Crippen molar-refractivity contribution in [3.05, 3.63) is 75.6 Å². The number of halogens is 9. The fourth-order valence-electron chi connectivity index (χ4n) is 4.87. The van der Waals surface area contributed by atoms with Gasteiger partial charge in [0.25, 0.3) is 5.92 Å². The third kappa shape index (κ3) is 5.81. The maximum atomic E-state index is 13.5. The molecule has 2 fully saturated rings. The topological polar surface area (TPSA) is 58.6 Å². The zero-order valence-corrected chi connectivity index (χ0v) is 22.6. The number of carbonyl (C=O) groups is 1. The van der Waals surface area contributed by atoms with Crippen LogP contribution in [0.2, 0.25) is 5.02 Å². The Kier molecular flexibility index (Phi) is 7.27. The molecule has 42 heavy (non-hydrogen) atoms. The molecule has 15 heteroatoms. The standard InChI is InChI=1S/C27H21ClF8N4O2/c1-13-3-4-20(28)18(5-13)19-9-37-23(39-11-25(29,30)12-39)38-21(19)10-40-14(2)22(42-24(40)41)15-6-16(26(31,32)33)8-17(7-15)27(34,35)36/h3-9,14,22H,10-12H2,1-2H3/t14-,22-/m0/s1. The molecule has 1 amide bonds. The van der Waals surface area contributed by atoms with Crippen molar-refractivity contribution in [1.82, 2.24) is 14.9 Å². The number of hydrogen-bond donors (Lipinski definition) is 0. The van der Waals surface area contributed by atoms with E-state index in [0.717, 1.165) is 10.5 Å². The first kappa shape index (κ1) is 29.8. The molecule has 224 valence electrons. The number of hydrogen-bond acceptors (Lipinski definition) is 5. The van der Waals surface area contributed by atoms with Crippen LogP contribution in [-0.4, -0.2) is 46.0 Å². The van der Waals surface area contributed by atoms with E-state index < -0.39 is 66.3 Å². The first-order chi connectivity index (χ1) is 19.4. The normalized spacial score (nSPS) is 20.5. The van der Waals surface area contributed by atoms with Crippen molar-refractivity contribution in [1.29, 1.82) is 0 Å². The summed E-state index contributed by atoms with van der Waals surface area (Å²) < 4.78 is 113. The van der Waals surface area contributed by atoms with Crippen LogP contribution in [0.15, 0.2) is 42.6 Å². The molecule has 0 radical (unpaired) electrons. The Morgan fingerprint density at radius 3 is 2.19 bits per heavy atom. The summed E-state index contributed by atoms with van der Waals surface area (Å²) in [5.41, 5.74) is -1.79. The molecule has 5 rings (SSSR count). The van der Waals surface area contributed by atoms with Gasteiger partial charge in [-0.05, 0) is 49.7 Å². The van der Waals surface area contributed by atoms with Crippen molar-refractivity contribution >= 4 is 23.6 Å². The fourth-order valence-corrected chi connectivity index (χ4v) is 5.09. The average Bonchev–Trinajstić information content (AvgIpc) is 3.16. The van der Waals surface area contributed by atoms with Crippen molar-refractivity contribution in [2.75, 3.05) is 18.0 Å². The van der Waals surface area contributed by atoms with Crippen LogP contribution in [0.1, 0.15) is 41.0 Å². The minimum atomic E-state index is -5.09. The first-order valence-electron chi connectivity index (χ1n) is 12.4. The van der Waals surface area contributed by atoms with E-state index in [-0.39, 0.29) is 24.3 Å². The molecule has 6 nitrogen and oxygen atoms in total. The van der Waals surface area contributed by atoms with Crippen molar-refractivity contribution in [3.8, 4) is 11.1 Å². The van der Waals surface area contributed by atoms with Gasteiger partial charge in [-0.15, -0.1) is 0 Å². The maximum absolute atomic E-state index is 13.5. The third-order valence-electron chi connectivity index (χ3n) is 7.04. The van der Waals surface area contributed by atoms with Crippen molar-refractivity contribution in [3.63, 3.8) is 0 Å². The first-order valence-corrected chi connectivity index (χ1v) is 12.8. The predicted molar refractivity (Wildman–Crippen MR) is 135 cm³/mol. The average molecular weight is 621 g/mol. The van der Waals surface area contributed by atoms with Crippen LogP contribution in [0.5, 0.6) is 0 Å². The number of nitrogens with zero attached hydrogens (tertiary/aromatic N) is 4. The van der Waals surface area contributed by atoms with Gasteiger partial charge in [-0.25, -0.2) is 23.5 Å². The smallest absolute Gasteiger partial charge is 0.416 e. The molecule has 2 atom stereocenters. The highest BCUT2D eigenvalue weighted by molar-refractivity contribution is 6.33. The molecule has 0 spiro atoms. The van der Waals surface area contributed by atoms with Crippen LogP contribution in [-0.2, 0) is 23.6 Å². The van der Waals surface area contributed by atoms with Gasteiger partial charge in [0, 0.05) is 22.3 Å². The van der Waals surface area contributed by atoms with E-state index in [2.05, 4.69) is 9.97 Å². The van der Waals surface area contributed by atoms with Gasteiger partial charge in [-0.2, -0.15) is 26.3 Å². The van der Waals surface area contributed by atoms with E-state index in [0.29, 0.717) is 28.3 Å². The van der Waals surface area contributed by atoms with Gasteiger partial charge in [-0.1, -0.05) is 23.2 Å². The molecule has 0 saturated carbocycles. The van der Waals surface area contributed by atoms with Crippen LogP contribution in [0.25, 0.3) is 11.1 Å². The maximum Gasteiger partial charge on any atom is 0.416 e. The van der Waals surface area contributed by atoms with E-state index in [1.807, 2.05) is 0 Å². The second-order valence-electron chi connectivity index (χ2n) is 10.2. The number of benzene rings is 2. The van der Waals surface area contributed by atoms with Crippen LogP contribution in [0.4, 0.5) is 45.9 Å². The molecule has 2 aliphatic heterocycles. The highest BCUT2D eigenvalue weighted by Gasteiger charge is 2.46. The molecule has 0 N–H and O–H groups in total. The summed E-state index contributed by atoms with van der Waals surface area (Å²) in [6.45, 7) is 1.61. The number of alkyl halides is 8. The summed E-state index contributed by atoms with van der Waals surface area (Å²) in [6.07, 6.45) is -11.3. The molecule has 0 bridgehead atoms. The highest BCUT2D eigenvalue weighted by atomic mass is 35.5. The van der Waals surface area contributed by atoms with Crippen LogP contribution < -0.4 is 4.90 Å². The van der Waals surface area contributed by atoms with Gasteiger partial charge in [0.1, 0.15) is 6.10 Å². The lowest BCUT2D eigenvalue weighted by Gasteiger charge is -2.38. The van der Waals surface area contributed by atoms with E-state index in [9.17, 15) is 39.9 Å². The molecular weight excluding hydrogens is 600 g/mol. The van der Waals surface area contributed by atoms with Crippen LogP contribution >= 0.6 is 11.6 Å². The van der Waals surface area contributed by atoms with Crippen molar-refractivity contribution in [2.24, 2.45) is 0 Å². The molecule has 2 aromatic carbocycles.